The first-order valence-electron chi connectivity index (χ1n) is 4.72. The molecule has 2 atom stereocenters. The van der Waals surface area contributed by atoms with Crippen LogP contribution in [-0.4, -0.2) is 41.6 Å². The molecule has 0 aliphatic heterocycles. The summed E-state index contributed by atoms with van der Waals surface area (Å²) in [6.07, 6.45) is 2.43. The molecule has 88 valence electrons. The molecule has 0 saturated heterocycles. The van der Waals surface area contributed by atoms with Crippen LogP contribution < -0.4 is 11.1 Å². The van der Waals surface area contributed by atoms with Crippen LogP contribution in [0.5, 0.6) is 0 Å². The van der Waals surface area contributed by atoms with Gasteiger partial charge >= 0.3 is 0 Å². The summed E-state index contributed by atoms with van der Waals surface area (Å²) in [7, 11) is 0. The van der Waals surface area contributed by atoms with Gasteiger partial charge in [-0.3, -0.25) is 9.59 Å². The van der Waals surface area contributed by atoms with E-state index in [1.54, 1.807) is 18.7 Å². The molecule has 0 aromatic heterocycles. The van der Waals surface area contributed by atoms with Gasteiger partial charge in [0.1, 0.15) is 6.04 Å². The average molecular weight is 234 g/mol. The van der Waals surface area contributed by atoms with Crippen LogP contribution in [0.2, 0.25) is 0 Å². The van der Waals surface area contributed by atoms with Gasteiger partial charge in [0.15, 0.2) is 0 Å². The topological polar surface area (TPSA) is 92.4 Å². The third-order valence-corrected chi connectivity index (χ3v) is 2.64. The second-order valence-electron chi connectivity index (χ2n) is 3.33. The summed E-state index contributed by atoms with van der Waals surface area (Å²) in [5.41, 5.74) is 5.14. The first-order chi connectivity index (χ1) is 7.02. The van der Waals surface area contributed by atoms with Gasteiger partial charge in [0.05, 0.1) is 12.5 Å². The lowest BCUT2D eigenvalue weighted by Gasteiger charge is -2.17. The Morgan fingerprint density at radius 1 is 1.53 bits per heavy atom. The van der Waals surface area contributed by atoms with Crippen LogP contribution >= 0.6 is 11.8 Å². The van der Waals surface area contributed by atoms with Gasteiger partial charge in [-0.25, -0.2) is 0 Å². The van der Waals surface area contributed by atoms with Gasteiger partial charge < -0.3 is 16.2 Å². The third-order valence-electron chi connectivity index (χ3n) is 1.99. The molecule has 6 heteroatoms. The molecular weight excluding hydrogens is 216 g/mol. The molecule has 0 radical (unpaired) electrons. The lowest BCUT2D eigenvalue weighted by molar-refractivity contribution is -0.130. The van der Waals surface area contributed by atoms with E-state index in [-0.39, 0.29) is 12.5 Å². The maximum Gasteiger partial charge on any atom is 0.240 e. The van der Waals surface area contributed by atoms with Gasteiger partial charge in [-0.1, -0.05) is 6.92 Å². The summed E-state index contributed by atoms with van der Waals surface area (Å²) in [5, 5.41) is 11.3. The molecule has 5 nitrogen and oxygen atoms in total. The standard InChI is InChI=1S/C9H18N2O3S/c1-6(5-12)9(14)11-7(8(10)13)3-4-15-2/h6-7,12H,3-5H2,1-2H3,(H2,10,13)(H,11,14)/t6-,7-/m0/s1. The highest BCUT2D eigenvalue weighted by Crippen LogP contribution is 2.02. The Kier molecular flexibility index (Phi) is 7.15. The summed E-state index contributed by atoms with van der Waals surface area (Å²) < 4.78 is 0. The number of primary amides is 1. The van der Waals surface area contributed by atoms with E-state index in [9.17, 15) is 9.59 Å². The fourth-order valence-corrected chi connectivity index (χ4v) is 1.39. The maximum atomic E-state index is 11.4. The van der Waals surface area contributed by atoms with Crippen LogP contribution in [-0.2, 0) is 9.59 Å². The zero-order valence-corrected chi connectivity index (χ0v) is 9.84. The Hall–Kier alpha value is -0.750. The van der Waals surface area contributed by atoms with Crippen LogP contribution in [0.15, 0.2) is 0 Å². The minimum Gasteiger partial charge on any atom is -0.396 e. The van der Waals surface area contributed by atoms with E-state index in [1.165, 1.54) is 0 Å². The van der Waals surface area contributed by atoms with E-state index in [4.69, 9.17) is 10.8 Å². The molecule has 0 bridgehead atoms. The molecule has 2 amide bonds. The molecule has 0 unspecified atom stereocenters. The van der Waals surface area contributed by atoms with Crippen molar-refractivity contribution in [2.75, 3.05) is 18.6 Å². The van der Waals surface area contributed by atoms with E-state index in [0.717, 1.165) is 5.75 Å². The molecule has 4 N–H and O–H groups in total. The Morgan fingerprint density at radius 2 is 2.13 bits per heavy atom. The summed E-state index contributed by atoms with van der Waals surface area (Å²) >= 11 is 1.58. The molecule has 0 spiro atoms. The molecular formula is C9H18N2O3S. The zero-order chi connectivity index (χ0) is 11.8. The van der Waals surface area contributed by atoms with Crippen LogP contribution in [0.3, 0.4) is 0 Å². The maximum absolute atomic E-state index is 11.4. The lowest BCUT2D eigenvalue weighted by Crippen LogP contribution is -2.47. The fraction of sp³-hybridized carbons (Fsp3) is 0.778. The highest BCUT2D eigenvalue weighted by atomic mass is 32.2. The first-order valence-corrected chi connectivity index (χ1v) is 6.11. The number of nitrogens with one attached hydrogen (secondary N) is 1. The summed E-state index contributed by atoms with van der Waals surface area (Å²) in [4.78, 5) is 22.4. The molecule has 0 heterocycles. The smallest absolute Gasteiger partial charge is 0.240 e. The van der Waals surface area contributed by atoms with Crippen molar-refractivity contribution in [3.05, 3.63) is 0 Å². The SMILES string of the molecule is CSCC[C@H](NC(=O)[C@@H](C)CO)C(N)=O. The van der Waals surface area contributed by atoms with E-state index < -0.39 is 17.9 Å². The molecule has 15 heavy (non-hydrogen) atoms. The monoisotopic (exact) mass is 234 g/mol. The molecule has 0 aliphatic carbocycles. The molecule has 0 rings (SSSR count). The number of nitrogens with two attached hydrogens (primary N) is 1. The minimum atomic E-state index is -0.640. The highest BCUT2D eigenvalue weighted by Gasteiger charge is 2.20. The Balaban J connectivity index is 4.16. The van der Waals surface area contributed by atoms with Crippen molar-refractivity contribution in [3.63, 3.8) is 0 Å². The Labute approximate surface area is 93.8 Å². The summed E-state index contributed by atoms with van der Waals surface area (Å²) in [5.74, 6) is -0.646. The highest BCUT2D eigenvalue weighted by molar-refractivity contribution is 7.98. The largest absolute Gasteiger partial charge is 0.396 e. The van der Waals surface area contributed by atoms with Crippen molar-refractivity contribution in [2.45, 2.75) is 19.4 Å². The van der Waals surface area contributed by atoms with Gasteiger partial charge in [0, 0.05) is 0 Å². The number of carbonyl (C=O) groups excluding carboxylic acids is 2. The average Bonchev–Trinajstić information content (AvgIpc) is 2.22. The second kappa shape index (κ2) is 7.53. The predicted octanol–water partition coefficient (Wildman–Crippen LogP) is -0.662. The predicted molar refractivity (Wildman–Crippen MR) is 60.4 cm³/mol. The Bertz CT molecular complexity index is 223. The quantitative estimate of drug-likeness (QED) is 0.545. The number of hydrogen-bond donors (Lipinski definition) is 3. The zero-order valence-electron chi connectivity index (χ0n) is 9.03. The normalized spacial score (nSPS) is 14.3. The Morgan fingerprint density at radius 3 is 2.53 bits per heavy atom. The lowest BCUT2D eigenvalue weighted by atomic mass is 10.1. The number of carbonyl (C=O) groups is 2. The minimum absolute atomic E-state index is 0.236. The second-order valence-corrected chi connectivity index (χ2v) is 4.31. The number of thioether (sulfide) groups is 1. The van der Waals surface area contributed by atoms with Crippen molar-refractivity contribution in [1.82, 2.24) is 5.32 Å². The van der Waals surface area contributed by atoms with Gasteiger partial charge in [-0.05, 0) is 18.4 Å². The van der Waals surface area contributed by atoms with E-state index >= 15 is 0 Å². The number of aliphatic hydroxyl groups is 1. The third kappa shape index (κ3) is 5.64. The van der Waals surface area contributed by atoms with E-state index in [1.807, 2.05) is 6.26 Å². The number of hydrogen-bond acceptors (Lipinski definition) is 4. The first kappa shape index (κ1) is 14.2. The summed E-state index contributed by atoms with van der Waals surface area (Å²) in [6.45, 7) is 1.35. The molecule has 0 aromatic rings. The van der Waals surface area contributed by atoms with Gasteiger partial charge in [-0.15, -0.1) is 0 Å². The van der Waals surface area contributed by atoms with Gasteiger partial charge in [-0.2, -0.15) is 11.8 Å². The summed E-state index contributed by atoms with van der Waals surface area (Å²) in [6, 6.07) is -0.640. The van der Waals surface area contributed by atoms with Crippen LogP contribution in [0.4, 0.5) is 0 Å². The van der Waals surface area contributed by atoms with Crippen LogP contribution in [0.1, 0.15) is 13.3 Å². The molecule has 0 aromatic carbocycles. The molecule has 0 saturated carbocycles. The van der Waals surface area contributed by atoms with Crippen molar-refractivity contribution >= 4 is 23.6 Å². The molecule has 0 aliphatic rings. The number of amides is 2. The van der Waals surface area contributed by atoms with Crippen molar-refractivity contribution in [1.29, 1.82) is 0 Å². The van der Waals surface area contributed by atoms with Crippen LogP contribution in [0.25, 0.3) is 0 Å². The van der Waals surface area contributed by atoms with Crippen molar-refractivity contribution in [3.8, 4) is 0 Å². The van der Waals surface area contributed by atoms with Gasteiger partial charge in [0.25, 0.3) is 0 Å². The van der Waals surface area contributed by atoms with Crippen molar-refractivity contribution in [2.24, 2.45) is 11.7 Å². The van der Waals surface area contributed by atoms with Crippen LogP contribution in [0, 0.1) is 5.92 Å². The van der Waals surface area contributed by atoms with Gasteiger partial charge in [0.2, 0.25) is 11.8 Å². The number of aliphatic hydroxyl groups excluding tert-OH is 1. The van der Waals surface area contributed by atoms with Crippen molar-refractivity contribution < 1.29 is 14.7 Å². The molecule has 0 fully saturated rings. The van der Waals surface area contributed by atoms with E-state index in [2.05, 4.69) is 5.32 Å². The fourth-order valence-electron chi connectivity index (χ4n) is 0.918. The number of rotatable bonds is 7. The van der Waals surface area contributed by atoms with E-state index in [0.29, 0.717) is 6.42 Å².